The fourth-order valence-corrected chi connectivity index (χ4v) is 3.66. The van der Waals surface area contributed by atoms with E-state index in [2.05, 4.69) is 15.1 Å². The van der Waals surface area contributed by atoms with Crippen LogP contribution in [0.2, 0.25) is 5.02 Å². The van der Waals surface area contributed by atoms with Crippen molar-refractivity contribution in [3.8, 4) is 0 Å². The number of anilines is 1. The van der Waals surface area contributed by atoms with Crippen LogP contribution in [0.15, 0.2) is 35.6 Å². The number of aryl methyl sites for hydroxylation is 1. The predicted octanol–water partition coefficient (Wildman–Crippen LogP) is 1.61. The Morgan fingerprint density at radius 1 is 1.32 bits per heavy atom. The van der Waals surface area contributed by atoms with E-state index in [1.54, 1.807) is 13.0 Å². The highest BCUT2D eigenvalue weighted by Crippen LogP contribution is 2.32. The van der Waals surface area contributed by atoms with Gasteiger partial charge in [-0.3, -0.25) is 4.31 Å². The van der Waals surface area contributed by atoms with Crippen molar-refractivity contribution in [2.45, 2.75) is 12.1 Å². The van der Waals surface area contributed by atoms with Crippen LogP contribution in [-0.2, 0) is 10.0 Å². The molecule has 0 aliphatic carbocycles. The molecule has 1 aromatic carbocycles. The van der Waals surface area contributed by atoms with Crippen LogP contribution in [0.4, 0.5) is 5.69 Å². The van der Waals surface area contributed by atoms with Gasteiger partial charge in [0.1, 0.15) is 0 Å². The zero-order valence-electron chi connectivity index (χ0n) is 13.1. The van der Waals surface area contributed by atoms with Gasteiger partial charge in [0.15, 0.2) is 0 Å². The molecule has 0 spiro atoms. The largest absolute Gasteiger partial charge is 0.478 e. The molecule has 3 rings (SSSR count). The average Bonchev–Trinajstić information content (AvgIpc) is 3.00. The summed E-state index contributed by atoms with van der Waals surface area (Å²) in [5, 5.41) is 12.7. The summed E-state index contributed by atoms with van der Waals surface area (Å²) in [6.45, 7) is 1.72. The van der Waals surface area contributed by atoms with E-state index in [0.717, 1.165) is 4.31 Å². The average molecular weight is 382 g/mol. The Kier molecular flexibility index (Phi) is 4.09. The molecule has 1 N–H and O–H groups in total. The maximum Gasteiger partial charge on any atom is 0.337 e. The van der Waals surface area contributed by atoms with Crippen LogP contribution >= 0.6 is 11.6 Å². The van der Waals surface area contributed by atoms with Crippen molar-refractivity contribution in [1.82, 2.24) is 19.6 Å². The SMILES string of the molecule is Cc1ccnc2nc(S(=O)(=O)N(C)c3c(Cl)cccc3C(=O)O)nn12. The zero-order valence-corrected chi connectivity index (χ0v) is 14.7. The number of carboxylic acids is 1. The minimum Gasteiger partial charge on any atom is -0.478 e. The summed E-state index contributed by atoms with van der Waals surface area (Å²) >= 11 is 6.04. The molecule has 0 bridgehead atoms. The number of carboxylic acid groups (broad SMARTS) is 1. The number of carbonyl (C=O) groups is 1. The Bertz CT molecular complexity index is 1100. The summed E-state index contributed by atoms with van der Waals surface area (Å²) in [4.78, 5) is 19.3. The van der Waals surface area contributed by atoms with Crippen molar-refractivity contribution in [1.29, 1.82) is 0 Å². The van der Waals surface area contributed by atoms with Crippen molar-refractivity contribution in [3.63, 3.8) is 0 Å². The summed E-state index contributed by atoms with van der Waals surface area (Å²) in [7, 11) is -3.06. The molecule has 3 aromatic rings. The number of sulfonamides is 1. The maximum atomic E-state index is 12.8. The van der Waals surface area contributed by atoms with Gasteiger partial charge in [0.2, 0.25) is 0 Å². The highest BCUT2D eigenvalue weighted by atomic mass is 35.5. The van der Waals surface area contributed by atoms with Gasteiger partial charge in [-0.15, -0.1) is 5.10 Å². The van der Waals surface area contributed by atoms with E-state index in [4.69, 9.17) is 11.6 Å². The predicted molar refractivity (Wildman–Crippen MR) is 89.5 cm³/mol. The van der Waals surface area contributed by atoms with Crippen molar-refractivity contribution < 1.29 is 18.3 Å². The first-order valence-electron chi connectivity index (χ1n) is 6.92. The molecule has 0 saturated heterocycles. The molecule has 0 radical (unpaired) electrons. The monoisotopic (exact) mass is 381 g/mol. The number of rotatable bonds is 4. The fourth-order valence-electron chi connectivity index (χ4n) is 2.25. The molecule has 0 unspecified atom stereocenters. The molecule has 0 atom stereocenters. The van der Waals surface area contributed by atoms with Gasteiger partial charge in [-0.25, -0.2) is 14.3 Å². The van der Waals surface area contributed by atoms with E-state index < -0.39 is 21.1 Å². The molecular formula is C14H12ClN5O4S. The van der Waals surface area contributed by atoms with E-state index in [1.807, 2.05) is 0 Å². The first-order chi connectivity index (χ1) is 11.7. The van der Waals surface area contributed by atoms with Gasteiger partial charge < -0.3 is 5.11 Å². The number of aromatic carboxylic acids is 1. The summed E-state index contributed by atoms with van der Waals surface area (Å²) in [5.41, 5.74) is 0.224. The number of para-hydroxylation sites is 1. The van der Waals surface area contributed by atoms with Gasteiger partial charge in [-0.05, 0) is 25.1 Å². The van der Waals surface area contributed by atoms with Crippen LogP contribution in [0.25, 0.3) is 5.78 Å². The van der Waals surface area contributed by atoms with E-state index >= 15 is 0 Å². The zero-order chi connectivity index (χ0) is 18.4. The van der Waals surface area contributed by atoms with Crippen molar-refractivity contribution in [3.05, 3.63) is 46.7 Å². The van der Waals surface area contributed by atoms with Gasteiger partial charge >= 0.3 is 16.0 Å². The molecule has 2 aromatic heterocycles. The number of hydrogen-bond acceptors (Lipinski definition) is 6. The van der Waals surface area contributed by atoms with Crippen molar-refractivity contribution >= 4 is 39.1 Å². The van der Waals surface area contributed by atoms with Crippen LogP contribution in [0.5, 0.6) is 0 Å². The molecule has 0 aliphatic rings. The molecule has 25 heavy (non-hydrogen) atoms. The van der Waals surface area contributed by atoms with Crippen molar-refractivity contribution in [2.75, 3.05) is 11.4 Å². The lowest BCUT2D eigenvalue weighted by Gasteiger charge is -2.20. The van der Waals surface area contributed by atoms with Gasteiger partial charge in [0.05, 0.1) is 16.3 Å². The topological polar surface area (TPSA) is 118 Å². The second-order valence-electron chi connectivity index (χ2n) is 5.11. The summed E-state index contributed by atoms with van der Waals surface area (Å²) in [6.07, 6.45) is 1.48. The first kappa shape index (κ1) is 17.1. The second kappa shape index (κ2) is 5.97. The third-order valence-corrected chi connectivity index (χ3v) is 5.38. The fraction of sp³-hybridized carbons (Fsp3) is 0.143. The summed E-state index contributed by atoms with van der Waals surface area (Å²) < 4.78 is 27.7. The lowest BCUT2D eigenvalue weighted by Crippen LogP contribution is -2.29. The van der Waals surface area contributed by atoms with E-state index in [1.165, 1.54) is 36.0 Å². The van der Waals surface area contributed by atoms with Gasteiger partial charge in [0, 0.05) is 18.9 Å². The summed E-state index contributed by atoms with van der Waals surface area (Å²) in [6, 6.07) is 5.74. The summed E-state index contributed by atoms with van der Waals surface area (Å²) in [5.74, 6) is -1.19. The minimum atomic E-state index is -4.25. The number of halogens is 1. The van der Waals surface area contributed by atoms with E-state index in [9.17, 15) is 18.3 Å². The highest BCUT2D eigenvalue weighted by molar-refractivity contribution is 7.92. The van der Waals surface area contributed by atoms with Gasteiger partial charge in [-0.2, -0.15) is 13.4 Å². The maximum absolute atomic E-state index is 12.8. The first-order valence-corrected chi connectivity index (χ1v) is 8.74. The molecule has 0 fully saturated rings. The molecule has 9 nitrogen and oxygen atoms in total. The third kappa shape index (κ3) is 2.79. The Morgan fingerprint density at radius 2 is 2.04 bits per heavy atom. The van der Waals surface area contributed by atoms with Gasteiger partial charge in [0.25, 0.3) is 10.9 Å². The highest BCUT2D eigenvalue weighted by Gasteiger charge is 2.31. The Labute approximate surface area is 147 Å². The van der Waals surface area contributed by atoms with Crippen LogP contribution in [0.3, 0.4) is 0 Å². The number of nitrogens with zero attached hydrogens (tertiary/aromatic N) is 5. The van der Waals surface area contributed by atoms with Crippen LogP contribution in [0, 0.1) is 6.92 Å². The van der Waals surface area contributed by atoms with Crippen LogP contribution in [-0.4, -0.2) is 46.1 Å². The lowest BCUT2D eigenvalue weighted by atomic mass is 10.2. The standard InChI is InChI=1S/C14H12ClN5O4S/c1-8-6-7-16-13-17-14(18-20(8)13)25(23,24)19(2)11-9(12(21)22)4-3-5-10(11)15/h3-7H,1-2H3,(H,21,22). The number of hydrogen-bond donors (Lipinski definition) is 1. The van der Waals surface area contributed by atoms with Crippen LogP contribution < -0.4 is 4.31 Å². The molecule has 130 valence electrons. The molecule has 11 heteroatoms. The molecule has 2 heterocycles. The van der Waals surface area contributed by atoms with Crippen molar-refractivity contribution in [2.24, 2.45) is 0 Å². The lowest BCUT2D eigenvalue weighted by molar-refractivity contribution is 0.0698. The normalized spacial score (nSPS) is 11.6. The molecule has 0 aliphatic heterocycles. The van der Waals surface area contributed by atoms with Gasteiger partial charge in [-0.1, -0.05) is 17.7 Å². The Morgan fingerprint density at radius 3 is 2.68 bits per heavy atom. The molecule has 0 amide bonds. The quantitative estimate of drug-likeness (QED) is 0.729. The number of fused-ring (bicyclic) bond motifs is 1. The molecule has 0 saturated carbocycles. The van der Waals surface area contributed by atoms with E-state index in [-0.39, 0.29) is 22.1 Å². The second-order valence-corrected chi connectivity index (χ2v) is 7.38. The number of benzene rings is 1. The smallest absolute Gasteiger partial charge is 0.337 e. The Balaban J connectivity index is 2.17. The third-order valence-electron chi connectivity index (χ3n) is 3.53. The Hall–Kier alpha value is -2.72. The number of aromatic nitrogens is 4. The van der Waals surface area contributed by atoms with E-state index in [0.29, 0.717) is 5.69 Å². The molecular weight excluding hydrogens is 370 g/mol. The minimum absolute atomic E-state index is 0.0240. The van der Waals surface area contributed by atoms with Crippen LogP contribution in [0.1, 0.15) is 16.1 Å².